The van der Waals surface area contributed by atoms with Crippen LogP contribution in [0.15, 0.2) is 59.6 Å². The molecular weight excluding hydrogens is 362 g/mol. The molecule has 1 aliphatic rings. The Hall–Kier alpha value is -2.48. The largest absolute Gasteiger partial charge is 0.493 e. The highest BCUT2D eigenvalue weighted by Gasteiger charge is 2.20. The Labute approximate surface area is 162 Å². The van der Waals surface area contributed by atoms with Crippen molar-refractivity contribution in [1.82, 2.24) is 9.78 Å². The van der Waals surface area contributed by atoms with Crippen LogP contribution in [0.25, 0.3) is 16.9 Å². The van der Waals surface area contributed by atoms with Crippen molar-refractivity contribution in [2.75, 3.05) is 20.3 Å². The van der Waals surface area contributed by atoms with Gasteiger partial charge in [-0.25, -0.2) is 4.68 Å². The van der Waals surface area contributed by atoms with Gasteiger partial charge in [-0.3, -0.25) is 5.14 Å². The molecule has 2 N–H and O–H groups in total. The molecule has 2 heterocycles. The van der Waals surface area contributed by atoms with Gasteiger partial charge in [-0.2, -0.15) is 5.10 Å². The fourth-order valence-corrected chi connectivity index (χ4v) is 3.40. The normalized spacial score (nSPS) is 16.4. The van der Waals surface area contributed by atoms with Gasteiger partial charge < -0.3 is 14.2 Å². The van der Waals surface area contributed by atoms with Crippen LogP contribution in [0, 0.1) is 0 Å². The zero-order valence-electron chi connectivity index (χ0n) is 15.0. The van der Waals surface area contributed by atoms with Crippen molar-refractivity contribution in [1.29, 1.82) is 0 Å². The van der Waals surface area contributed by atoms with Gasteiger partial charge in [0, 0.05) is 16.9 Å². The van der Waals surface area contributed by atoms with E-state index in [1.165, 1.54) is 11.9 Å². The fourth-order valence-electron chi connectivity index (χ4n) is 3.11. The second kappa shape index (κ2) is 8.04. The van der Waals surface area contributed by atoms with E-state index in [0.29, 0.717) is 18.1 Å². The van der Waals surface area contributed by atoms with Gasteiger partial charge in [-0.1, -0.05) is 0 Å². The lowest BCUT2D eigenvalue weighted by Crippen LogP contribution is -2.16. The topological polar surface area (TPSA) is 71.5 Å². The molecule has 140 valence electrons. The smallest absolute Gasteiger partial charge is 0.162 e. The quantitative estimate of drug-likeness (QED) is 0.655. The predicted molar refractivity (Wildman–Crippen MR) is 105 cm³/mol. The number of nitrogens with two attached hydrogens (primary N) is 1. The molecule has 0 aliphatic carbocycles. The van der Waals surface area contributed by atoms with Crippen molar-refractivity contribution >= 4 is 11.9 Å². The summed E-state index contributed by atoms with van der Waals surface area (Å²) >= 11 is 1.23. The molecule has 2 aromatic carbocycles. The summed E-state index contributed by atoms with van der Waals surface area (Å²) in [6, 6.07) is 15.9. The Kier molecular flexibility index (Phi) is 5.33. The van der Waals surface area contributed by atoms with Crippen LogP contribution in [0.3, 0.4) is 0 Å². The summed E-state index contributed by atoms with van der Waals surface area (Å²) in [5.41, 5.74) is 2.94. The van der Waals surface area contributed by atoms with Gasteiger partial charge >= 0.3 is 0 Å². The maximum absolute atomic E-state index is 6.12. The van der Waals surface area contributed by atoms with E-state index in [-0.39, 0.29) is 6.10 Å². The molecular formula is C20H21N3O3S. The first-order valence-electron chi connectivity index (χ1n) is 8.72. The molecule has 1 atom stereocenters. The Morgan fingerprint density at radius 1 is 1.15 bits per heavy atom. The van der Waals surface area contributed by atoms with Crippen molar-refractivity contribution in [2.24, 2.45) is 5.14 Å². The molecule has 0 bridgehead atoms. The van der Waals surface area contributed by atoms with Crippen LogP contribution in [-0.4, -0.2) is 36.2 Å². The number of hydrogen-bond donors (Lipinski definition) is 1. The van der Waals surface area contributed by atoms with Crippen molar-refractivity contribution in [3.63, 3.8) is 0 Å². The van der Waals surface area contributed by atoms with Crippen LogP contribution in [0.1, 0.15) is 6.42 Å². The van der Waals surface area contributed by atoms with Crippen LogP contribution in [0.4, 0.5) is 0 Å². The predicted octanol–water partition coefficient (Wildman–Crippen LogP) is 3.68. The highest BCUT2D eigenvalue weighted by molar-refractivity contribution is 7.97. The molecule has 6 nitrogen and oxygen atoms in total. The van der Waals surface area contributed by atoms with Crippen molar-refractivity contribution in [3.05, 3.63) is 54.7 Å². The summed E-state index contributed by atoms with van der Waals surface area (Å²) in [6.45, 7) is 1.34. The van der Waals surface area contributed by atoms with Gasteiger partial charge in [0.1, 0.15) is 6.10 Å². The molecule has 27 heavy (non-hydrogen) atoms. The Bertz CT molecular complexity index is 905. The molecule has 1 fully saturated rings. The highest BCUT2D eigenvalue weighted by Crippen LogP contribution is 2.34. The Morgan fingerprint density at radius 2 is 2.00 bits per heavy atom. The summed E-state index contributed by atoms with van der Waals surface area (Å²) in [5.74, 6) is 1.43. The summed E-state index contributed by atoms with van der Waals surface area (Å²) < 4.78 is 18.9. The minimum absolute atomic E-state index is 0.0559. The van der Waals surface area contributed by atoms with Crippen LogP contribution in [0.2, 0.25) is 0 Å². The molecule has 1 saturated heterocycles. The first kappa shape index (κ1) is 17.9. The number of nitrogens with zero attached hydrogens (tertiary/aromatic N) is 2. The molecule has 1 aromatic heterocycles. The third-order valence-electron chi connectivity index (χ3n) is 4.50. The van der Waals surface area contributed by atoms with Gasteiger partial charge in [0.2, 0.25) is 0 Å². The maximum atomic E-state index is 6.12. The zero-order chi connectivity index (χ0) is 18.6. The van der Waals surface area contributed by atoms with Crippen LogP contribution >= 0.6 is 11.9 Å². The molecule has 4 rings (SSSR count). The maximum Gasteiger partial charge on any atom is 0.162 e. The number of aromatic nitrogens is 2. The number of methoxy groups -OCH3 is 1. The lowest BCUT2D eigenvalue weighted by atomic mass is 10.1. The molecule has 0 amide bonds. The van der Waals surface area contributed by atoms with E-state index in [4.69, 9.17) is 19.3 Å². The molecule has 7 heteroatoms. The lowest BCUT2D eigenvalue weighted by Gasteiger charge is -2.16. The standard InChI is InChI=1S/C20H21N3O3S/c1-24-19-7-2-14(12-20(19)26-16-9-11-25-13-16)18-8-10-22-23(18)15-3-5-17(27-21)6-4-15/h2-8,10,12,16H,9,11,13,21H2,1H3. The number of hydrogen-bond acceptors (Lipinski definition) is 6. The van der Waals surface area contributed by atoms with Crippen molar-refractivity contribution in [2.45, 2.75) is 17.4 Å². The number of rotatable bonds is 6. The first-order chi connectivity index (χ1) is 13.3. The van der Waals surface area contributed by atoms with Crippen molar-refractivity contribution < 1.29 is 14.2 Å². The molecule has 0 saturated carbocycles. The van der Waals surface area contributed by atoms with Gasteiger partial charge in [-0.05, 0) is 60.5 Å². The van der Waals surface area contributed by atoms with Gasteiger partial charge in [0.05, 0.1) is 37.9 Å². The minimum Gasteiger partial charge on any atom is -0.493 e. The van der Waals surface area contributed by atoms with E-state index in [1.54, 1.807) is 13.3 Å². The first-order valence-corrected chi connectivity index (χ1v) is 9.60. The molecule has 0 spiro atoms. The van der Waals surface area contributed by atoms with Crippen molar-refractivity contribution in [3.8, 4) is 28.4 Å². The van der Waals surface area contributed by atoms with E-state index >= 15 is 0 Å². The van der Waals surface area contributed by atoms with Crippen LogP contribution in [-0.2, 0) is 4.74 Å². The molecule has 1 unspecified atom stereocenters. The minimum atomic E-state index is 0.0559. The molecule has 0 radical (unpaired) electrons. The second-order valence-electron chi connectivity index (χ2n) is 6.21. The Morgan fingerprint density at radius 3 is 2.70 bits per heavy atom. The Balaban J connectivity index is 1.68. The third kappa shape index (κ3) is 3.80. The zero-order valence-corrected chi connectivity index (χ0v) is 15.8. The van der Waals surface area contributed by atoms with Crippen LogP contribution < -0.4 is 14.6 Å². The summed E-state index contributed by atoms with van der Waals surface area (Å²) in [6.07, 6.45) is 2.73. The monoisotopic (exact) mass is 383 g/mol. The van der Waals surface area contributed by atoms with Gasteiger partial charge in [0.25, 0.3) is 0 Å². The van der Waals surface area contributed by atoms with E-state index in [2.05, 4.69) is 5.10 Å². The average Bonchev–Trinajstić information content (AvgIpc) is 3.40. The average molecular weight is 383 g/mol. The molecule has 3 aromatic rings. The van der Waals surface area contributed by atoms with Crippen LogP contribution in [0.5, 0.6) is 11.5 Å². The van der Waals surface area contributed by atoms with Gasteiger partial charge in [0.15, 0.2) is 11.5 Å². The summed E-state index contributed by atoms with van der Waals surface area (Å²) in [5, 5.41) is 10.1. The lowest BCUT2D eigenvalue weighted by molar-refractivity contribution is 0.138. The van der Waals surface area contributed by atoms with Gasteiger partial charge in [-0.15, -0.1) is 0 Å². The summed E-state index contributed by atoms with van der Waals surface area (Å²) in [7, 11) is 1.65. The summed E-state index contributed by atoms with van der Waals surface area (Å²) in [4.78, 5) is 1.01. The number of benzene rings is 2. The third-order valence-corrected chi connectivity index (χ3v) is 5.05. The van der Waals surface area contributed by atoms with E-state index < -0.39 is 0 Å². The number of ether oxygens (including phenoxy) is 3. The SMILES string of the molecule is COc1ccc(-c2ccnn2-c2ccc(SN)cc2)cc1OC1CCOC1. The second-order valence-corrected chi connectivity index (χ2v) is 6.92. The van der Waals surface area contributed by atoms with E-state index in [9.17, 15) is 0 Å². The van der Waals surface area contributed by atoms with E-state index in [1.807, 2.05) is 53.2 Å². The highest BCUT2D eigenvalue weighted by atomic mass is 32.2. The van der Waals surface area contributed by atoms with E-state index in [0.717, 1.165) is 34.9 Å². The fraction of sp³-hybridized carbons (Fsp3) is 0.250. The molecule has 1 aliphatic heterocycles.